The Labute approximate surface area is 276 Å². The van der Waals surface area contributed by atoms with Crippen LogP contribution in [0.3, 0.4) is 0 Å². The number of nitrogens with two attached hydrogens (primary N) is 3. The molecule has 3 atom stereocenters. The number of anilines is 1. The van der Waals surface area contributed by atoms with Crippen LogP contribution >= 0.6 is 0 Å². The number of phenols is 1. The average molecular weight is 669 g/mol. The van der Waals surface area contributed by atoms with Crippen molar-refractivity contribution >= 4 is 46.9 Å². The molecular weight excluding hydrogens is 628 g/mol. The van der Waals surface area contributed by atoms with Crippen LogP contribution < -0.4 is 27.4 Å². The molecule has 1 aliphatic rings. The number of nitrogens with one attached hydrogen (secondary N) is 1. The van der Waals surface area contributed by atoms with E-state index < -0.39 is 52.6 Å². The van der Waals surface area contributed by atoms with Crippen LogP contribution in [0.1, 0.15) is 44.1 Å². The van der Waals surface area contributed by atoms with Gasteiger partial charge >= 0.3 is 5.97 Å². The summed E-state index contributed by atoms with van der Waals surface area (Å²) in [6, 6.07) is 7.48. The Morgan fingerprint density at radius 1 is 1.08 bits per heavy atom. The summed E-state index contributed by atoms with van der Waals surface area (Å²) in [5.41, 5.74) is 17.1. The van der Waals surface area contributed by atoms with Crippen LogP contribution in [0, 0.1) is 10.1 Å². The highest BCUT2D eigenvalue weighted by Gasteiger charge is 2.42. The number of aromatic hydroxyl groups is 1. The topological polar surface area (TPSA) is 267 Å². The highest BCUT2D eigenvalue weighted by atomic mass is 16.6. The molecule has 0 radical (unpaired) electrons. The van der Waals surface area contributed by atoms with Crippen molar-refractivity contribution in [2.24, 2.45) is 22.2 Å². The number of aliphatic imine (C=N–C) groups is 1. The lowest BCUT2D eigenvalue weighted by Crippen LogP contribution is -2.58. The standard InChI is InChI=1S/C31H40N8O9/c1-48-27(42)15-14-26(41)36-23(4-2-16-35-31(33)34)29(44)37-17-3-5-24(37)30(45)38(20-8-10-21(11-9-20)39(46)47)25(28(32)43)18-19-6-12-22(40)13-7-19/h6-13,23-25,40H,2-5,14-18H2,1H3,(H2,32,43)(H,36,41)(H4,33,34,35)/t23-,24-,25-/m0/s1. The molecule has 0 unspecified atom stereocenters. The number of hydrogen-bond acceptors (Lipinski definition) is 10. The molecule has 1 aliphatic heterocycles. The summed E-state index contributed by atoms with van der Waals surface area (Å²) in [5, 5.41) is 23.7. The first kappa shape index (κ1) is 36.7. The number of carbonyl (C=O) groups excluding carboxylic acids is 5. The normalized spacial score (nSPS) is 15.1. The molecule has 3 rings (SSSR count). The number of non-ortho nitro benzene ring substituents is 1. The Morgan fingerprint density at radius 3 is 2.33 bits per heavy atom. The maximum atomic E-state index is 14.4. The van der Waals surface area contributed by atoms with Gasteiger partial charge < -0.3 is 37.3 Å². The Kier molecular flexibility index (Phi) is 13.2. The van der Waals surface area contributed by atoms with Crippen molar-refractivity contribution in [2.75, 3.05) is 25.1 Å². The monoisotopic (exact) mass is 668 g/mol. The molecule has 1 heterocycles. The molecule has 0 saturated carbocycles. The third-order valence-electron chi connectivity index (χ3n) is 7.77. The van der Waals surface area contributed by atoms with Gasteiger partial charge in [-0.3, -0.25) is 44.0 Å². The summed E-state index contributed by atoms with van der Waals surface area (Å²) in [6.07, 6.45) is 0.530. The van der Waals surface area contributed by atoms with Crippen molar-refractivity contribution in [2.45, 2.75) is 63.1 Å². The maximum absolute atomic E-state index is 14.4. The Bertz CT molecular complexity index is 1510. The van der Waals surface area contributed by atoms with Crippen LogP contribution in [-0.2, 0) is 35.1 Å². The Morgan fingerprint density at radius 2 is 1.75 bits per heavy atom. The van der Waals surface area contributed by atoms with Gasteiger partial charge in [-0.1, -0.05) is 12.1 Å². The zero-order valence-corrected chi connectivity index (χ0v) is 26.4. The molecule has 2 aromatic rings. The fourth-order valence-electron chi connectivity index (χ4n) is 5.36. The van der Waals surface area contributed by atoms with Crippen molar-refractivity contribution in [1.29, 1.82) is 0 Å². The second-order valence-electron chi connectivity index (χ2n) is 11.1. The second kappa shape index (κ2) is 17.3. The number of likely N-dealkylation sites (tertiary alicyclic amines) is 1. The van der Waals surface area contributed by atoms with Gasteiger partial charge in [0.1, 0.15) is 23.9 Å². The number of amides is 4. The second-order valence-corrected chi connectivity index (χ2v) is 11.1. The molecule has 1 saturated heterocycles. The number of rotatable bonds is 16. The number of nitro groups is 1. The van der Waals surface area contributed by atoms with Crippen molar-refractivity contribution < 1.29 is 38.7 Å². The smallest absolute Gasteiger partial charge is 0.306 e. The number of benzene rings is 2. The van der Waals surface area contributed by atoms with E-state index in [0.29, 0.717) is 18.4 Å². The van der Waals surface area contributed by atoms with Crippen molar-refractivity contribution in [3.63, 3.8) is 0 Å². The minimum Gasteiger partial charge on any atom is -0.508 e. The number of esters is 1. The predicted octanol–water partition coefficient (Wildman–Crippen LogP) is 0.213. The number of methoxy groups -OCH3 is 1. The minimum atomic E-state index is -1.28. The first-order chi connectivity index (χ1) is 22.8. The predicted molar refractivity (Wildman–Crippen MR) is 173 cm³/mol. The van der Waals surface area contributed by atoms with E-state index in [1.165, 1.54) is 48.4 Å². The van der Waals surface area contributed by atoms with E-state index >= 15 is 0 Å². The van der Waals surface area contributed by atoms with Crippen LogP contribution in [0.2, 0.25) is 0 Å². The van der Waals surface area contributed by atoms with E-state index in [9.17, 15) is 39.2 Å². The molecular formula is C31H40N8O9. The summed E-state index contributed by atoms with van der Waals surface area (Å²) in [6.45, 7) is 0.322. The van der Waals surface area contributed by atoms with Gasteiger partial charge in [-0.05, 0) is 55.5 Å². The lowest BCUT2D eigenvalue weighted by Gasteiger charge is -2.35. The number of carbonyl (C=O) groups is 5. The van der Waals surface area contributed by atoms with Crippen LogP contribution in [0.4, 0.5) is 11.4 Å². The SMILES string of the molecule is COC(=O)CCC(=O)N[C@@H](CCCN=C(N)N)C(=O)N1CCC[C@H]1C(=O)N(c1ccc([N+](=O)[O-])cc1)[C@@H](Cc1ccc(O)cc1)C(N)=O. The van der Waals surface area contributed by atoms with Gasteiger partial charge in [0.05, 0.1) is 18.5 Å². The number of guanidine groups is 1. The first-order valence-corrected chi connectivity index (χ1v) is 15.2. The van der Waals surface area contributed by atoms with Gasteiger partial charge in [0.25, 0.3) is 11.6 Å². The van der Waals surface area contributed by atoms with E-state index in [2.05, 4.69) is 15.0 Å². The molecule has 8 N–H and O–H groups in total. The quantitative estimate of drug-likeness (QED) is 0.0403. The Balaban J connectivity index is 1.96. The largest absolute Gasteiger partial charge is 0.508 e. The fraction of sp³-hybridized carbons (Fsp3) is 0.419. The zero-order valence-electron chi connectivity index (χ0n) is 26.4. The van der Waals surface area contributed by atoms with Crippen molar-refractivity contribution in [1.82, 2.24) is 10.2 Å². The number of nitro benzene ring substituents is 1. The van der Waals surface area contributed by atoms with E-state index in [-0.39, 0.29) is 68.3 Å². The minimum absolute atomic E-state index is 0.0111. The summed E-state index contributed by atoms with van der Waals surface area (Å²) >= 11 is 0. The van der Waals surface area contributed by atoms with Gasteiger partial charge in [0.2, 0.25) is 17.7 Å². The molecule has 0 bridgehead atoms. The van der Waals surface area contributed by atoms with Gasteiger partial charge in [-0.2, -0.15) is 0 Å². The highest BCUT2D eigenvalue weighted by Crippen LogP contribution is 2.29. The number of hydrogen-bond donors (Lipinski definition) is 5. The molecule has 4 amide bonds. The van der Waals surface area contributed by atoms with E-state index in [4.69, 9.17) is 17.2 Å². The van der Waals surface area contributed by atoms with Crippen LogP contribution in [0.5, 0.6) is 5.75 Å². The van der Waals surface area contributed by atoms with Gasteiger partial charge in [-0.25, -0.2) is 0 Å². The van der Waals surface area contributed by atoms with Crippen LogP contribution in [-0.4, -0.2) is 88.8 Å². The van der Waals surface area contributed by atoms with E-state index in [0.717, 1.165) is 4.90 Å². The fourth-order valence-corrected chi connectivity index (χ4v) is 5.36. The summed E-state index contributed by atoms with van der Waals surface area (Å²) in [7, 11) is 1.19. The summed E-state index contributed by atoms with van der Waals surface area (Å²) in [5.74, 6) is -3.45. The summed E-state index contributed by atoms with van der Waals surface area (Å²) < 4.78 is 4.58. The third kappa shape index (κ3) is 10.1. The van der Waals surface area contributed by atoms with Crippen molar-refractivity contribution in [3.8, 4) is 5.75 Å². The van der Waals surface area contributed by atoms with E-state index in [1.54, 1.807) is 12.1 Å². The van der Waals surface area contributed by atoms with Crippen LogP contribution in [0.15, 0.2) is 53.5 Å². The average Bonchev–Trinajstić information content (AvgIpc) is 3.55. The Hall–Kier alpha value is -5.74. The molecule has 258 valence electrons. The number of ether oxygens (including phenoxy) is 1. The molecule has 0 spiro atoms. The molecule has 1 fully saturated rings. The molecule has 0 aliphatic carbocycles. The van der Waals surface area contributed by atoms with Crippen LogP contribution in [0.25, 0.3) is 0 Å². The highest BCUT2D eigenvalue weighted by molar-refractivity contribution is 6.05. The first-order valence-electron chi connectivity index (χ1n) is 15.2. The molecule has 0 aromatic heterocycles. The van der Waals surface area contributed by atoms with Crippen molar-refractivity contribution in [3.05, 3.63) is 64.2 Å². The lowest BCUT2D eigenvalue weighted by molar-refractivity contribution is -0.384. The molecule has 2 aromatic carbocycles. The molecule has 48 heavy (non-hydrogen) atoms. The number of nitrogens with zero attached hydrogens (tertiary/aromatic N) is 4. The van der Waals surface area contributed by atoms with Gasteiger partial charge in [0, 0.05) is 43.8 Å². The number of primary amides is 1. The molecule has 17 nitrogen and oxygen atoms in total. The maximum Gasteiger partial charge on any atom is 0.306 e. The van der Waals surface area contributed by atoms with Gasteiger partial charge in [0.15, 0.2) is 5.96 Å². The number of phenolic OH excluding ortho intramolecular Hbond substituents is 1. The van der Waals surface area contributed by atoms with Gasteiger partial charge in [-0.15, -0.1) is 0 Å². The third-order valence-corrected chi connectivity index (χ3v) is 7.77. The molecule has 17 heteroatoms. The van der Waals surface area contributed by atoms with E-state index in [1.807, 2.05) is 0 Å². The zero-order chi connectivity index (χ0) is 35.4. The lowest BCUT2D eigenvalue weighted by atomic mass is 10.0. The summed E-state index contributed by atoms with van der Waals surface area (Å²) in [4.78, 5) is 82.7.